The van der Waals surface area contributed by atoms with Crippen molar-refractivity contribution in [2.45, 2.75) is 51.5 Å². The number of hydrogen-bond acceptors (Lipinski definition) is 4. The van der Waals surface area contributed by atoms with Crippen LogP contribution in [0.3, 0.4) is 0 Å². The molecule has 9 heteroatoms. The van der Waals surface area contributed by atoms with Crippen LogP contribution in [0.5, 0.6) is 0 Å². The van der Waals surface area contributed by atoms with Crippen molar-refractivity contribution in [1.29, 1.82) is 0 Å². The van der Waals surface area contributed by atoms with Gasteiger partial charge in [-0.15, -0.1) is 0 Å². The van der Waals surface area contributed by atoms with E-state index in [2.05, 4.69) is 10.2 Å². The molecule has 1 fully saturated rings. The van der Waals surface area contributed by atoms with Crippen molar-refractivity contribution in [3.05, 3.63) is 102 Å². The number of aromatic nitrogens is 2. The summed E-state index contributed by atoms with van der Waals surface area (Å²) in [6.45, 7) is 2.42. The van der Waals surface area contributed by atoms with Crippen molar-refractivity contribution in [3.8, 4) is 0 Å². The molecule has 1 aromatic heterocycles. The summed E-state index contributed by atoms with van der Waals surface area (Å²) in [5, 5.41) is 3.98. The largest absolute Gasteiger partial charge is 0.331 e. The maximum Gasteiger partial charge on any atom is 0.331 e. The van der Waals surface area contributed by atoms with E-state index in [1.54, 1.807) is 0 Å². The summed E-state index contributed by atoms with van der Waals surface area (Å²) in [5.74, 6) is -1.41. The van der Waals surface area contributed by atoms with E-state index in [-0.39, 0.29) is 30.3 Å². The molecule has 2 aliphatic rings. The standard InChI is InChI=1S/C26H27ClF2N4O2/c27-18-8-6-17(7-9-18)13-31-12-10-24-21(15-31)25(34)33(14-19-3-2-11-30-19)26(35)32(24)16-20-22(28)4-1-5-23(20)29/h1,4-9,19,30H,2-3,10-16H2/t19-/m1/s1. The zero-order valence-electron chi connectivity index (χ0n) is 19.3. The fourth-order valence-electron chi connectivity index (χ4n) is 5.09. The molecule has 0 amide bonds. The fraction of sp³-hybridized carbons (Fsp3) is 0.385. The summed E-state index contributed by atoms with van der Waals surface area (Å²) in [6, 6.07) is 11.2. The summed E-state index contributed by atoms with van der Waals surface area (Å²) in [6.07, 6.45) is 2.29. The Labute approximate surface area is 206 Å². The molecule has 184 valence electrons. The van der Waals surface area contributed by atoms with Crippen molar-refractivity contribution in [3.63, 3.8) is 0 Å². The molecule has 1 atom stereocenters. The number of fused-ring (bicyclic) bond motifs is 1. The topological polar surface area (TPSA) is 59.3 Å². The third-order valence-corrected chi connectivity index (χ3v) is 7.20. The molecule has 1 saturated heterocycles. The number of halogens is 3. The first-order valence-corrected chi connectivity index (χ1v) is 12.3. The zero-order valence-corrected chi connectivity index (χ0v) is 20.0. The van der Waals surface area contributed by atoms with Crippen LogP contribution in [-0.4, -0.2) is 33.2 Å². The van der Waals surface area contributed by atoms with Crippen LogP contribution in [0.25, 0.3) is 0 Å². The van der Waals surface area contributed by atoms with E-state index in [0.29, 0.717) is 42.3 Å². The Bertz CT molecular complexity index is 1330. The lowest BCUT2D eigenvalue weighted by Gasteiger charge is -2.31. The lowest BCUT2D eigenvalue weighted by Crippen LogP contribution is -2.49. The van der Waals surface area contributed by atoms with Gasteiger partial charge in [0.15, 0.2) is 0 Å². The first-order chi connectivity index (χ1) is 16.9. The van der Waals surface area contributed by atoms with Crippen LogP contribution in [-0.2, 0) is 32.6 Å². The van der Waals surface area contributed by atoms with E-state index >= 15 is 0 Å². The van der Waals surface area contributed by atoms with Crippen molar-refractivity contribution in [2.75, 3.05) is 13.1 Å². The van der Waals surface area contributed by atoms with Gasteiger partial charge in [-0.3, -0.25) is 18.8 Å². The van der Waals surface area contributed by atoms with Gasteiger partial charge in [0, 0.05) is 54.9 Å². The third-order valence-electron chi connectivity index (χ3n) is 6.95. The predicted octanol–water partition coefficient (Wildman–Crippen LogP) is 3.30. The number of rotatable bonds is 6. The van der Waals surface area contributed by atoms with E-state index < -0.39 is 17.3 Å². The SMILES string of the molecule is O=c1c2c(n(Cc3c(F)cccc3F)c(=O)n1C[C@H]1CCCN1)CCN(Cc1ccc(Cl)cc1)C2. The van der Waals surface area contributed by atoms with Crippen LogP contribution < -0.4 is 16.6 Å². The number of hydrogen-bond donors (Lipinski definition) is 1. The Morgan fingerprint density at radius 3 is 2.43 bits per heavy atom. The minimum Gasteiger partial charge on any atom is -0.312 e. The number of nitrogens with one attached hydrogen (secondary N) is 1. The molecule has 0 saturated carbocycles. The molecule has 0 radical (unpaired) electrons. The van der Waals surface area contributed by atoms with Crippen LogP contribution in [0.15, 0.2) is 52.1 Å². The van der Waals surface area contributed by atoms with Crippen molar-refractivity contribution >= 4 is 11.6 Å². The average Bonchev–Trinajstić information content (AvgIpc) is 3.36. The minimum atomic E-state index is -0.707. The van der Waals surface area contributed by atoms with Gasteiger partial charge in [0.1, 0.15) is 11.6 Å². The minimum absolute atomic E-state index is 0.0193. The molecule has 0 bridgehead atoms. The molecule has 0 unspecified atom stereocenters. The summed E-state index contributed by atoms with van der Waals surface area (Å²) in [7, 11) is 0. The molecule has 1 N–H and O–H groups in total. The maximum absolute atomic E-state index is 14.5. The Hall–Kier alpha value is -2.81. The Morgan fingerprint density at radius 2 is 1.74 bits per heavy atom. The second kappa shape index (κ2) is 10.0. The highest BCUT2D eigenvalue weighted by molar-refractivity contribution is 6.30. The Kier molecular flexibility index (Phi) is 6.86. The molecule has 6 nitrogen and oxygen atoms in total. The quantitative estimate of drug-likeness (QED) is 0.564. The monoisotopic (exact) mass is 500 g/mol. The van der Waals surface area contributed by atoms with Crippen molar-refractivity contribution < 1.29 is 8.78 Å². The second-order valence-corrected chi connectivity index (χ2v) is 9.73. The van der Waals surface area contributed by atoms with E-state index in [0.717, 1.165) is 24.9 Å². The van der Waals surface area contributed by atoms with Gasteiger partial charge in [0.25, 0.3) is 5.56 Å². The smallest absolute Gasteiger partial charge is 0.312 e. The molecule has 5 rings (SSSR count). The molecule has 0 spiro atoms. The van der Waals surface area contributed by atoms with Gasteiger partial charge in [-0.2, -0.15) is 0 Å². The Morgan fingerprint density at radius 1 is 1.00 bits per heavy atom. The van der Waals surface area contributed by atoms with Crippen LogP contribution >= 0.6 is 11.6 Å². The van der Waals surface area contributed by atoms with Crippen LogP contribution in [0.4, 0.5) is 8.78 Å². The Balaban J connectivity index is 1.54. The lowest BCUT2D eigenvalue weighted by molar-refractivity contribution is 0.235. The van der Waals surface area contributed by atoms with Gasteiger partial charge in [-0.25, -0.2) is 13.6 Å². The average molecular weight is 501 g/mol. The van der Waals surface area contributed by atoms with Crippen molar-refractivity contribution in [2.24, 2.45) is 0 Å². The zero-order chi connectivity index (χ0) is 24.5. The summed E-state index contributed by atoms with van der Waals surface area (Å²) in [4.78, 5) is 29.2. The van der Waals surface area contributed by atoms with Crippen LogP contribution in [0.2, 0.25) is 5.02 Å². The first-order valence-electron chi connectivity index (χ1n) is 11.9. The van der Waals surface area contributed by atoms with Gasteiger partial charge in [0.2, 0.25) is 0 Å². The van der Waals surface area contributed by atoms with Gasteiger partial charge in [-0.1, -0.05) is 29.8 Å². The molecule has 3 aromatic rings. The van der Waals surface area contributed by atoms with Gasteiger partial charge in [-0.05, 0) is 49.2 Å². The second-order valence-electron chi connectivity index (χ2n) is 9.29. The molecule has 2 aliphatic heterocycles. The van der Waals surface area contributed by atoms with E-state index in [4.69, 9.17) is 11.6 Å². The normalized spacial score (nSPS) is 18.1. The van der Waals surface area contributed by atoms with E-state index in [9.17, 15) is 18.4 Å². The third kappa shape index (κ3) is 4.96. The fourth-order valence-corrected chi connectivity index (χ4v) is 5.22. The highest BCUT2D eigenvalue weighted by Gasteiger charge is 2.28. The molecular formula is C26H27ClF2N4O2. The van der Waals surface area contributed by atoms with Crippen molar-refractivity contribution in [1.82, 2.24) is 19.4 Å². The number of nitrogens with zero attached hydrogens (tertiary/aromatic N) is 3. The van der Waals surface area contributed by atoms with Gasteiger partial charge < -0.3 is 5.32 Å². The summed E-state index contributed by atoms with van der Waals surface area (Å²) in [5.41, 5.74) is 1.13. The molecule has 3 heterocycles. The van der Waals surface area contributed by atoms with Crippen LogP contribution in [0, 0.1) is 11.6 Å². The van der Waals surface area contributed by atoms with E-state index in [1.807, 2.05) is 24.3 Å². The predicted molar refractivity (Wildman–Crippen MR) is 131 cm³/mol. The summed E-state index contributed by atoms with van der Waals surface area (Å²) < 4.78 is 31.6. The number of benzene rings is 2. The van der Waals surface area contributed by atoms with Gasteiger partial charge >= 0.3 is 5.69 Å². The highest BCUT2D eigenvalue weighted by Crippen LogP contribution is 2.21. The first kappa shape index (κ1) is 23.9. The molecule has 35 heavy (non-hydrogen) atoms. The summed E-state index contributed by atoms with van der Waals surface area (Å²) >= 11 is 6.00. The lowest BCUT2D eigenvalue weighted by atomic mass is 10.0. The molecular weight excluding hydrogens is 474 g/mol. The molecule has 0 aliphatic carbocycles. The highest BCUT2D eigenvalue weighted by atomic mass is 35.5. The van der Waals surface area contributed by atoms with Gasteiger partial charge in [0.05, 0.1) is 12.1 Å². The molecule has 2 aromatic carbocycles. The maximum atomic E-state index is 14.5. The van der Waals surface area contributed by atoms with E-state index in [1.165, 1.54) is 27.3 Å². The van der Waals surface area contributed by atoms with Crippen LogP contribution in [0.1, 0.15) is 35.2 Å².